The number of sulfonamides is 2. The van der Waals surface area contributed by atoms with Gasteiger partial charge in [-0.25, -0.2) is 26.7 Å². The van der Waals surface area contributed by atoms with Gasteiger partial charge in [-0.3, -0.25) is 0 Å². The lowest BCUT2D eigenvalue weighted by Gasteiger charge is -2.13. The standard InChI is InChI=1S/C13H22N2O4S2/c1-3-11(4-2)10-20(16,17)15-9-12-5-7-13(8-6-12)21(14,18)19/h5-8,11,15H,3-4,9-10H2,1-2H3,(H2,14,18,19). The maximum Gasteiger partial charge on any atom is 0.238 e. The lowest BCUT2D eigenvalue weighted by atomic mass is 10.1. The van der Waals surface area contributed by atoms with Crippen molar-refractivity contribution in [2.45, 2.75) is 38.1 Å². The first kappa shape index (κ1) is 18.1. The highest BCUT2D eigenvalue weighted by Crippen LogP contribution is 2.12. The molecule has 0 radical (unpaired) electrons. The molecule has 0 bridgehead atoms. The van der Waals surface area contributed by atoms with E-state index < -0.39 is 20.0 Å². The van der Waals surface area contributed by atoms with Crippen molar-refractivity contribution in [3.05, 3.63) is 29.8 Å². The number of nitrogens with one attached hydrogen (secondary N) is 1. The van der Waals surface area contributed by atoms with Gasteiger partial charge in [-0.15, -0.1) is 0 Å². The summed E-state index contributed by atoms with van der Waals surface area (Å²) in [6.45, 7) is 4.07. The van der Waals surface area contributed by atoms with Crippen molar-refractivity contribution >= 4 is 20.0 Å². The van der Waals surface area contributed by atoms with Gasteiger partial charge in [0.1, 0.15) is 0 Å². The van der Waals surface area contributed by atoms with E-state index in [9.17, 15) is 16.8 Å². The highest BCUT2D eigenvalue weighted by Gasteiger charge is 2.16. The van der Waals surface area contributed by atoms with Crippen molar-refractivity contribution in [2.24, 2.45) is 11.1 Å². The third-order valence-corrected chi connectivity index (χ3v) is 5.78. The van der Waals surface area contributed by atoms with Crippen molar-refractivity contribution < 1.29 is 16.8 Å². The van der Waals surface area contributed by atoms with Crippen LogP contribution >= 0.6 is 0 Å². The first-order chi connectivity index (χ1) is 9.68. The fourth-order valence-corrected chi connectivity index (χ4v) is 4.00. The maximum atomic E-state index is 11.9. The van der Waals surface area contributed by atoms with Gasteiger partial charge in [-0.05, 0) is 23.6 Å². The Bertz CT molecular complexity index is 648. The second kappa shape index (κ2) is 7.35. The fourth-order valence-electron chi connectivity index (χ4n) is 1.88. The third-order valence-electron chi connectivity index (χ3n) is 3.36. The molecule has 0 aliphatic heterocycles. The summed E-state index contributed by atoms with van der Waals surface area (Å²) in [4.78, 5) is 0.00568. The molecule has 0 spiro atoms. The Labute approximate surface area is 126 Å². The van der Waals surface area contributed by atoms with Gasteiger partial charge in [0.05, 0.1) is 10.6 Å². The van der Waals surface area contributed by atoms with Crippen molar-refractivity contribution in [1.82, 2.24) is 4.72 Å². The topological polar surface area (TPSA) is 106 Å². The second-order valence-electron chi connectivity index (χ2n) is 4.97. The Morgan fingerprint density at radius 2 is 1.57 bits per heavy atom. The predicted octanol–water partition coefficient (Wildman–Crippen LogP) is 1.19. The summed E-state index contributed by atoms with van der Waals surface area (Å²) >= 11 is 0. The molecular weight excluding hydrogens is 312 g/mol. The lowest BCUT2D eigenvalue weighted by molar-refractivity contribution is 0.516. The first-order valence-corrected chi connectivity index (χ1v) is 9.97. The highest BCUT2D eigenvalue weighted by molar-refractivity contribution is 7.89. The summed E-state index contributed by atoms with van der Waals surface area (Å²) in [5, 5.41) is 5.00. The van der Waals surface area contributed by atoms with Crippen LogP contribution in [0.5, 0.6) is 0 Å². The summed E-state index contributed by atoms with van der Waals surface area (Å²) in [5.74, 6) is 0.252. The molecule has 21 heavy (non-hydrogen) atoms. The summed E-state index contributed by atoms with van der Waals surface area (Å²) in [6.07, 6.45) is 1.64. The van der Waals surface area contributed by atoms with E-state index in [1.807, 2.05) is 13.8 Å². The number of primary sulfonamides is 1. The molecule has 1 aromatic rings. The SMILES string of the molecule is CCC(CC)CS(=O)(=O)NCc1ccc(S(N)(=O)=O)cc1. The zero-order chi connectivity index (χ0) is 16.1. The molecule has 1 aromatic carbocycles. The number of benzene rings is 1. The van der Waals surface area contributed by atoms with Gasteiger partial charge in [0.15, 0.2) is 0 Å². The van der Waals surface area contributed by atoms with Gasteiger partial charge in [-0.1, -0.05) is 38.8 Å². The van der Waals surface area contributed by atoms with Crippen LogP contribution in [0.1, 0.15) is 32.3 Å². The summed E-state index contributed by atoms with van der Waals surface area (Å²) in [7, 11) is -7.06. The second-order valence-corrected chi connectivity index (χ2v) is 8.39. The van der Waals surface area contributed by atoms with Gasteiger partial charge in [0.2, 0.25) is 20.0 Å². The molecule has 0 aliphatic rings. The van der Waals surface area contributed by atoms with E-state index in [1.54, 1.807) is 12.1 Å². The Kier molecular flexibility index (Phi) is 6.33. The minimum absolute atomic E-state index is 0.00568. The molecule has 1 rings (SSSR count). The molecule has 0 heterocycles. The average molecular weight is 334 g/mol. The Morgan fingerprint density at radius 3 is 2.00 bits per heavy atom. The Morgan fingerprint density at radius 1 is 1.05 bits per heavy atom. The van der Waals surface area contributed by atoms with Crippen LogP contribution < -0.4 is 9.86 Å². The molecule has 0 atom stereocenters. The first-order valence-electron chi connectivity index (χ1n) is 6.77. The molecule has 3 N–H and O–H groups in total. The van der Waals surface area contributed by atoms with E-state index >= 15 is 0 Å². The van der Waals surface area contributed by atoms with Crippen molar-refractivity contribution in [1.29, 1.82) is 0 Å². The highest BCUT2D eigenvalue weighted by atomic mass is 32.2. The van der Waals surface area contributed by atoms with Crippen molar-refractivity contribution in [3.8, 4) is 0 Å². The van der Waals surface area contributed by atoms with E-state index in [0.29, 0.717) is 5.56 Å². The van der Waals surface area contributed by atoms with E-state index in [-0.39, 0.29) is 23.1 Å². The molecule has 8 heteroatoms. The molecule has 0 aromatic heterocycles. The van der Waals surface area contributed by atoms with E-state index in [1.165, 1.54) is 12.1 Å². The number of nitrogens with two attached hydrogens (primary N) is 1. The minimum atomic E-state index is -3.72. The summed E-state index contributed by atoms with van der Waals surface area (Å²) in [5.41, 5.74) is 0.676. The lowest BCUT2D eigenvalue weighted by Crippen LogP contribution is -2.29. The van der Waals surface area contributed by atoms with Crippen LogP contribution in [0.4, 0.5) is 0 Å². The molecule has 0 amide bonds. The van der Waals surface area contributed by atoms with Crippen LogP contribution in [0.2, 0.25) is 0 Å². The molecule has 0 fully saturated rings. The van der Waals surface area contributed by atoms with Crippen LogP contribution in [0.25, 0.3) is 0 Å². The summed E-state index contributed by atoms with van der Waals surface area (Å²) in [6, 6.07) is 5.80. The molecule has 0 saturated heterocycles. The van der Waals surface area contributed by atoms with Crippen LogP contribution in [0.3, 0.4) is 0 Å². The number of hydrogen-bond acceptors (Lipinski definition) is 4. The van der Waals surface area contributed by atoms with Crippen LogP contribution in [0.15, 0.2) is 29.2 Å². The molecule has 0 unspecified atom stereocenters. The minimum Gasteiger partial charge on any atom is -0.225 e. The zero-order valence-electron chi connectivity index (χ0n) is 12.2. The predicted molar refractivity (Wildman–Crippen MR) is 82.5 cm³/mol. The normalized spacial score (nSPS) is 12.8. The third kappa shape index (κ3) is 6.13. The number of hydrogen-bond donors (Lipinski definition) is 2. The molecule has 120 valence electrons. The van der Waals surface area contributed by atoms with Gasteiger partial charge in [0, 0.05) is 6.54 Å². The van der Waals surface area contributed by atoms with Gasteiger partial charge in [0.25, 0.3) is 0 Å². The molecular formula is C13H22N2O4S2. The van der Waals surface area contributed by atoms with E-state index in [0.717, 1.165) is 12.8 Å². The maximum absolute atomic E-state index is 11.9. The largest absolute Gasteiger partial charge is 0.238 e. The van der Waals surface area contributed by atoms with E-state index in [4.69, 9.17) is 5.14 Å². The molecule has 0 aliphatic carbocycles. The monoisotopic (exact) mass is 334 g/mol. The van der Waals surface area contributed by atoms with Gasteiger partial charge in [-0.2, -0.15) is 0 Å². The molecule has 0 saturated carbocycles. The zero-order valence-corrected chi connectivity index (χ0v) is 13.9. The fraction of sp³-hybridized carbons (Fsp3) is 0.538. The Balaban J connectivity index is 2.67. The van der Waals surface area contributed by atoms with Gasteiger partial charge < -0.3 is 0 Å². The quantitative estimate of drug-likeness (QED) is 0.744. The van der Waals surface area contributed by atoms with Crippen molar-refractivity contribution in [2.75, 3.05) is 5.75 Å². The smallest absolute Gasteiger partial charge is 0.225 e. The summed E-state index contributed by atoms with van der Waals surface area (Å²) < 4.78 is 48.6. The van der Waals surface area contributed by atoms with Crippen LogP contribution in [-0.4, -0.2) is 22.6 Å². The van der Waals surface area contributed by atoms with Crippen molar-refractivity contribution in [3.63, 3.8) is 0 Å². The van der Waals surface area contributed by atoms with Crippen LogP contribution in [0, 0.1) is 5.92 Å². The number of rotatable bonds is 8. The van der Waals surface area contributed by atoms with Crippen LogP contribution in [-0.2, 0) is 26.6 Å². The Hall–Kier alpha value is -0.960. The average Bonchev–Trinajstić information content (AvgIpc) is 2.42. The van der Waals surface area contributed by atoms with Gasteiger partial charge >= 0.3 is 0 Å². The van der Waals surface area contributed by atoms with E-state index in [2.05, 4.69) is 4.72 Å². The molecule has 6 nitrogen and oxygen atoms in total.